The highest BCUT2D eigenvalue weighted by Gasteiger charge is 2.11. The minimum absolute atomic E-state index is 0.0262. The van der Waals surface area contributed by atoms with Gasteiger partial charge in [0.1, 0.15) is 0 Å². The Balaban J connectivity index is 2.41. The molecule has 1 aromatic rings. The Morgan fingerprint density at radius 1 is 1.37 bits per heavy atom. The minimum Gasteiger partial charge on any atom is -0.348 e. The average molecular weight is 328 g/mol. The summed E-state index contributed by atoms with van der Waals surface area (Å²) >= 11 is 3.40. The molecule has 0 radical (unpaired) electrons. The monoisotopic (exact) mass is 327 g/mol. The maximum Gasteiger partial charge on any atom is 0.234 e. The summed E-state index contributed by atoms with van der Waals surface area (Å²) in [5, 5.41) is 6.07. The smallest absolute Gasteiger partial charge is 0.234 e. The maximum absolute atomic E-state index is 11.9. The Kier molecular flexibility index (Phi) is 7.05. The molecule has 0 aromatic heterocycles. The number of benzene rings is 1. The van der Waals surface area contributed by atoms with Crippen molar-refractivity contribution >= 4 is 21.8 Å². The van der Waals surface area contributed by atoms with Crippen LogP contribution in [0, 0.1) is 0 Å². The van der Waals surface area contributed by atoms with E-state index in [2.05, 4.69) is 26.6 Å². The quantitative estimate of drug-likeness (QED) is 0.802. The van der Waals surface area contributed by atoms with Crippen LogP contribution in [-0.2, 0) is 4.79 Å². The van der Waals surface area contributed by atoms with E-state index in [-0.39, 0.29) is 11.9 Å². The highest BCUT2D eigenvalue weighted by molar-refractivity contribution is 9.10. The molecule has 1 amide bonds. The zero-order valence-corrected chi connectivity index (χ0v) is 13.3. The molecule has 0 bridgehead atoms. The van der Waals surface area contributed by atoms with E-state index in [4.69, 9.17) is 0 Å². The Bertz CT molecular complexity index is 394. The molecule has 5 heteroatoms. The normalized spacial score (nSPS) is 12.5. The molecule has 19 heavy (non-hydrogen) atoms. The summed E-state index contributed by atoms with van der Waals surface area (Å²) in [6.45, 7) is 4.15. The van der Waals surface area contributed by atoms with Gasteiger partial charge in [-0.3, -0.25) is 9.69 Å². The van der Waals surface area contributed by atoms with Gasteiger partial charge in [-0.05, 0) is 38.7 Å². The van der Waals surface area contributed by atoms with Gasteiger partial charge in [0.25, 0.3) is 0 Å². The first-order valence-electron chi connectivity index (χ1n) is 6.41. The van der Waals surface area contributed by atoms with Crippen LogP contribution >= 0.6 is 15.9 Å². The number of nitrogens with zero attached hydrogens (tertiary/aromatic N) is 1. The van der Waals surface area contributed by atoms with Gasteiger partial charge in [0, 0.05) is 17.6 Å². The second kappa shape index (κ2) is 8.30. The number of likely N-dealkylation sites (N-methyl/N-ethyl adjacent to an activating group) is 2. The Morgan fingerprint density at radius 2 is 2.00 bits per heavy atom. The number of rotatable bonds is 7. The van der Waals surface area contributed by atoms with Crippen LogP contribution in [0.5, 0.6) is 0 Å². The average Bonchev–Trinajstić information content (AvgIpc) is 2.36. The lowest BCUT2D eigenvalue weighted by Crippen LogP contribution is -2.38. The molecule has 0 heterocycles. The van der Waals surface area contributed by atoms with Gasteiger partial charge in [0.05, 0.1) is 12.6 Å². The van der Waals surface area contributed by atoms with Gasteiger partial charge < -0.3 is 10.6 Å². The van der Waals surface area contributed by atoms with Gasteiger partial charge in [-0.15, -0.1) is 0 Å². The molecule has 0 aliphatic carbocycles. The number of hydrogen-bond acceptors (Lipinski definition) is 3. The van der Waals surface area contributed by atoms with Crippen LogP contribution in [0.4, 0.5) is 0 Å². The number of halogens is 1. The Labute approximate surface area is 123 Å². The van der Waals surface area contributed by atoms with Gasteiger partial charge in [-0.2, -0.15) is 0 Å². The third-order valence-electron chi connectivity index (χ3n) is 2.90. The van der Waals surface area contributed by atoms with Crippen molar-refractivity contribution < 1.29 is 4.79 Å². The summed E-state index contributed by atoms with van der Waals surface area (Å²) in [5.74, 6) is 0.0500. The van der Waals surface area contributed by atoms with Crippen molar-refractivity contribution in [2.75, 3.05) is 33.7 Å². The van der Waals surface area contributed by atoms with Crippen LogP contribution in [-0.4, -0.2) is 44.5 Å². The van der Waals surface area contributed by atoms with E-state index in [1.165, 1.54) is 0 Å². The van der Waals surface area contributed by atoms with Crippen molar-refractivity contribution in [3.8, 4) is 0 Å². The van der Waals surface area contributed by atoms with Crippen molar-refractivity contribution in [2.45, 2.75) is 13.0 Å². The number of carbonyl (C=O) groups excluding carboxylic acids is 1. The number of carbonyl (C=O) groups is 1. The lowest BCUT2D eigenvalue weighted by Gasteiger charge is -2.19. The fourth-order valence-corrected chi connectivity index (χ4v) is 2.01. The Hall–Kier alpha value is -0.910. The first kappa shape index (κ1) is 16.1. The van der Waals surface area contributed by atoms with E-state index in [1.807, 2.05) is 50.2 Å². The summed E-state index contributed by atoms with van der Waals surface area (Å²) in [6, 6.07) is 8.02. The minimum atomic E-state index is 0.0262. The second-order valence-electron chi connectivity index (χ2n) is 4.68. The van der Waals surface area contributed by atoms with Gasteiger partial charge >= 0.3 is 0 Å². The topological polar surface area (TPSA) is 44.4 Å². The maximum atomic E-state index is 11.9. The van der Waals surface area contributed by atoms with Crippen molar-refractivity contribution in [1.82, 2.24) is 15.5 Å². The fourth-order valence-electron chi connectivity index (χ4n) is 1.75. The summed E-state index contributed by atoms with van der Waals surface area (Å²) in [4.78, 5) is 13.9. The molecule has 0 aliphatic rings. The van der Waals surface area contributed by atoms with E-state index < -0.39 is 0 Å². The van der Waals surface area contributed by atoms with Gasteiger partial charge in [-0.1, -0.05) is 28.1 Å². The van der Waals surface area contributed by atoms with Crippen molar-refractivity contribution in [3.05, 3.63) is 34.3 Å². The molecule has 1 atom stereocenters. The Morgan fingerprint density at radius 3 is 2.58 bits per heavy atom. The van der Waals surface area contributed by atoms with Gasteiger partial charge in [0.15, 0.2) is 0 Å². The standard InChI is InChI=1S/C14H22BrN3O/c1-11(12-4-6-13(15)7-5-12)17-14(19)10-18(3)9-8-16-2/h4-7,11,16H,8-10H2,1-3H3,(H,17,19). The molecule has 1 unspecified atom stereocenters. The van der Waals surface area contributed by atoms with Crippen LogP contribution in [0.3, 0.4) is 0 Å². The van der Waals surface area contributed by atoms with E-state index in [0.29, 0.717) is 6.54 Å². The summed E-state index contributed by atoms with van der Waals surface area (Å²) < 4.78 is 1.04. The van der Waals surface area contributed by atoms with Gasteiger partial charge in [0.2, 0.25) is 5.91 Å². The lowest BCUT2D eigenvalue weighted by atomic mass is 10.1. The van der Waals surface area contributed by atoms with Crippen LogP contribution < -0.4 is 10.6 Å². The van der Waals surface area contributed by atoms with Crippen molar-refractivity contribution in [3.63, 3.8) is 0 Å². The van der Waals surface area contributed by atoms with E-state index in [1.54, 1.807) is 0 Å². The van der Waals surface area contributed by atoms with Gasteiger partial charge in [-0.25, -0.2) is 0 Å². The lowest BCUT2D eigenvalue weighted by molar-refractivity contribution is -0.122. The van der Waals surface area contributed by atoms with E-state index in [9.17, 15) is 4.79 Å². The summed E-state index contributed by atoms with van der Waals surface area (Å²) in [5.41, 5.74) is 1.11. The van der Waals surface area contributed by atoms with Crippen LogP contribution in [0.25, 0.3) is 0 Å². The molecule has 106 valence electrons. The SMILES string of the molecule is CNCCN(C)CC(=O)NC(C)c1ccc(Br)cc1. The fraction of sp³-hybridized carbons (Fsp3) is 0.500. The zero-order valence-electron chi connectivity index (χ0n) is 11.7. The molecule has 1 rings (SSSR count). The third-order valence-corrected chi connectivity index (χ3v) is 3.43. The molecular formula is C14H22BrN3O. The molecule has 0 fully saturated rings. The van der Waals surface area contributed by atoms with E-state index in [0.717, 1.165) is 23.1 Å². The first-order chi connectivity index (χ1) is 9.02. The summed E-state index contributed by atoms with van der Waals surface area (Å²) in [7, 11) is 3.85. The van der Waals surface area contributed by atoms with Crippen molar-refractivity contribution in [2.24, 2.45) is 0 Å². The molecule has 2 N–H and O–H groups in total. The summed E-state index contributed by atoms with van der Waals surface area (Å²) in [6.07, 6.45) is 0. The number of hydrogen-bond donors (Lipinski definition) is 2. The van der Waals surface area contributed by atoms with Crippen LogP contribution in [0.2, 0.25) is 0 Å². The number of amides is 1. The predicted molar refractivity (Wildman–Crippen MR) is 82.1 cm³/mol. The first-order valence-corrected chi connectivity index (χ1v) is 7.20. The molecule has 1 aromatic carbocycles. The zero-order chi connectivity index (χ0) is 14.3. The second-order valence-corrected chi connectivity index (χ2v) is 5.60. The molecule has 0 spiro atoms. The molecule has 0 saturated heterocycles. The highest BCUT2D eigenvalue weighted by Crippen LogP contribution is 2.16. The number of nitrogens with one attached hydrogen (secondary N) is 2. The largest absolute Gasteiger partial charge is 0.348 e. The molecule has 0 saturated carbocycles. The molecule has 0 aliphatic heterocycles. The van der Waals surface area contributed by atoms with Crippen molar-refractivity contribution in [1.29, 1.82) is 0 Å². The highest BCUT2D eigenvalue weighted by atomic mass is 79.9. The van der Waals surface area contributed by atoms with E-state index >= 15 is 0 Å². The molecule has 4 nitrogen and oxygen atoms in total. The predicted octanol–water partition coefficient (Wildman–Crippen LogP) is 1.78. The van der Waals surface area contributed by atoms with Crippen LogP contribution in [0.1, 0.15) is 18.5 Å². The molecular weight excluding hydrogens is 306 g/mol. The third kappa shape index (κ3) is 6.18. The van der Waals surface area contributed by atoms with Crippen LogP contribution in [0.15, 0.2) is 28.7 Å².